The van der Waals surface area contributed by atoms with E-state index in [1.54, 1.807) is 22.9 Å². The van der Waals surface area contributed by atoms with Crippen LogP contribution in [-0.2, 0) is 11.2 Å². The van der Waals surface area contributed by atoms with Gasteiger partial charge in [-0.05, 0) is 48.9 Å². The van der Waals surface area contributed by atoms with Crippen molar-refractivity contribution in [2.45, 2.75) is 32.1 Å². The minimum absolute atomic E-state index is 0.0121. The van der Waals surface area contributed by atoms with Crippen LogP contribution in [0.2, 0.25) is 0 Å². The van der Waals surface area contributed by atoms with Crippen LogP contribution in [0.5, 0.6) is 0 Å². The van der Waals surface area contributed by atoms with E-state index in [1.165, 1.54) is 23.3 Å². The summed E-state index contributed by atoms with van der Waals surface area (Å²) >= 11 is 0. The van der Waals surface area contributed by atoms with Crippen molar-refractivity contribution >= 4 is 17.4 Å². The third kappa shape index (κ3) is 3.51. The maximum absolute atomic E-state index is 12.7. The van der Waals surface area contributed by atoms with Crippen LogP contribution < -0.4 is 5.32 Å². The summed E-state index contributed by atoms with van der Waals surface area (Å²) in [5, 5.41) is 18.2. The van der Waals surface area contributed by atoms with E-state index >= 15 is 0 Å². The maximum Gasteiger partial charge on any atom is 0.269 e. The van der Waals surface area contributed by atoms with Gasteiger partial charge in [-0.15, -0.1) is 0 Å². The van der Waals surface area contributed by atoms with Gasteiger partial charge >= 0.3 is 0 Å². The molecule has 0 radical (unpaired) electrons. The van der Waals surface area contributed by atoms with Gasteiger partial charge in [0, 0.05) is 24.6 Å². The molecule has 2 aromatic carbocycles. The van der Waals surface area contributed by atoms with Crippen LogP contribution in [0.3, 0.4) is 0 Å². The van der Waals surface area contributed by atoms with Gasteiger partial charge in [0.1, 0.15) is 5.82 Å². The van der Waals surface area contributed by atoms with Crippen molar-refractivity contribution in [2.75, 3.05) is 5.32 Å². The zero-order valence-corrected chi connectivity index (χ0v) is 15.5. The molecule has 0 saturated heterocycles. The number of nitrogens with zero attached hydrogens (tertiary/aromatic N) is 3. The summed E-state index contributed by atoms with van der Waals surface area (Å²) in [4.78, 5) is 23.1. The van der Waals surface area contributed by atoms with Gasteiger partial charge in [0.25, 0.3) is 5.69 Å². The van der Waals surface area contributed by atoms with Gasteiger partial charge in [-0.25, -0.2) is 4.68 Å². The number of rotatable bonds is 5. The topological polar surface area (TPSA) is 90.1 Å². The Balaban J connectivity index is 1.51. The molecule has 28 heavy (non-hydrogen) atoms. The molecule has 3 aromatic rings. The maximum atomic E-state index is 12.7. The standard InChI is InChI=1S/C21H20N4O3/c1-14-12-20(24(23-14)17-8-10-18(11-9-17)25(27)28)22-21(26)13-16-7-6-15-4-2-3-5-19(15)16/h2-5,8-12,16H,6-7,13H2,1H3,(H,22,26). The molecule has 4 rings (SSSR count). The lowest BCUT2D eigenvalue weighted by molar-refractivity contribution is -0.384. The predicted octanol–water partition coefficient (Wildman–Crippen LogP) is 4.15. The highest BCUT2D eigenvalue weighted by atomic mass is 16.6. The average molecular weight is 376 g/mol. The zero-order valence-electron chi connectivity index (χ0n) is 15.5. The molecule has 142 valence electrons. The Labute approximate surface area is 162 Å². The third-order valence-corrected chi connectivity index (χ3v) is 5.09. The van der Waals surface area contributed by atoms with Crippen molar-refractivity contribution in [3.63, 3.8) is 0 Å². The van der Waals surface area contributed by atoms with Gasteiger partial charge in [-0.3, -0.25) is 14.9 Å². The molecule has 1 heterocycles. The lowest BCUT2D eigenvalue weighted by Gasteiger charge is -2.13. The molecule has 0 spiro atoms. The quantitative estimate of drug-likeness (QED) is 0.535. The summed E-state index contributed by atoms with van der Waals surface area (Å²) in [6.07, 6.45) is 2.41. The van der Waals surface area contributed by atoms with Crippen molar-refractivity contribution < 1.29 is 9.72 Å². The second kappa shape index (κ2) is 7.26. The molecule has 1 amide bonds. The van der Waals surface area contributed by atoms with Crippen LogP contribution in [0, 0.1) is 17.0 Å². The summed E-state index contributed by atoms with van der Waals surface area (Å²) in [6.45, 7) is 1.84. The number of carbonyl (C=O) groups excluding carboxylic acids is 1. The molecule has 1 aliphatic carbocycles. The molecule has 0 saturated carbocycles. The normalized spacial score (nSPS) is 15.2. The highest BCUT2D eigenvalue weighted by Gasteiger charge is 2.24. The fourth-order valence-electron chi connectivity index (χ4n) is 3.78. The first-order valence-electron chi connectivity index (χ1n) is 9.20. The predicted molar refractivity (Wildman–Crippen MR) is 106 cm³/mol. The number of nitrogens with one attached hydrogen (secondary N) is 1. The Bertz CT molecular complexity index is 1040. The molecular formula is C21H20N4O3. The molecule has 0 bridgehead atoms. The fourth-order valence-corrected chi connectivity index (χ4v) is 3.78. The summed E-state index contributed by atoms with van der Waals surface area (Å²) in [6, 6.07) is 16.2. The number of hydrogen-bond acceptors (Lipinski definition) is 4. The smallest absolute Gasteiger partial charge is 0.269 e. The number of aromatic nitrogens is 2. The zero-order chi connectivity index (χ0) is 19.7. The molecule has 0 aliphatic heterocycles. The minimum Gasteiger partial charge on any atom is -0.311 e. The van der Waals surface area contributed by atoms with E-state index in [-0.39, 0.29) is 17.5 Å². The van der Waals surface area contributed by atoms with Gasteiger partial charge in [0.05, 0.1) is 16.3 Å². The number of non-ortho nitro benzene ring substituents is 1. The van der Waals surface area contributed by atoms with Crippen LogP contribution in [0.25, 0.3) is 5.69 Å². The lowest BCUT2D eigenvalue weighted by Crippen LogP contribution is -2.17. The molecule has 7 nitrogen and oxygen atoms in total. The molecule has 1 unspecified atom stereocenters. The number of anilines is 1. The Hall–Kier alpha value is -3.48. The summed E-state index contributed by atoms with van der Waals surface area (Å²) in [7, 11) is 0. The number of aryl methyl sites for hydroxylation is 2. The summed E-state index contributed by atoms with van der Waals surface area (Å²) in [5.74, 6) is 0.723. The number of hydrogen-bond donors (Lipinski definition) is 1. The summed E-state index contributed by atoms with van der Waals surface area (Å²) in [5.41, 5.74) is 4.00. The number of nitro groups is 1. The van der Waals surface area contributed by atoms with Gasteiger partial charge in [-0.2, -0.15) is 5.10 Å². The molecular weight excluding hydrogens is 356 g/mol. The van der Waals surface area contributed by atoms with E-state index in [9.17, 15) is 14.9 Å². The highest BCUT2D eigenvalue weighted by Crippen LogP contribution is 2.35. The molecule has 1 N–H and O–H groups in total. The van der Waals surface area contributed by atoms with Gasteiger partial charge < -0.3 is 5.32 Å². The van der Waals surface area contributed by atoms with Gasteiger partial charge in [0.2, 0.25) is 5.91 Å². The van der Waals surface area contributed by atoms with Gasteiger partial charge in [-0.1, -0.05) is 24.3 Å². The van der Waals surface area contributed by atoms with Crippen molar-refractivity contribution in [1.82, 2.24) is 9.78 Å². The second-order valence-corrected chi connectivity index (χ2v) is 7.04. The first-order valence-corrected chi connectivity index (χ1v) is 9.20. The second-order valence-electron chi connectivity index (χ2n) is 7.04. The molecule has 0 fully saturated rings. The van der Waals surface area contributed by atoms with Crippen LogP contribution in [-0.4, -0.2) is 20.6 Å². The molecule has 1 aromatic heterocycles. The monoisotopic (exact) mass is 376 g/mol. The van der Waals surface area contributed by atoms with Crippen molar-refractivity contribution in [3.8, 4) is 5.69 Å². The largest absolute Gasteiger partial charge is 0.311 e. The fraction of sp³-hybridized carbons (Fsp3) is 0.238. The van der Waals surface area contributed by atoms with Crippen LogP contribution in [0.1, 0.15) is 35.6 Å². The summed E-state index contributed by atoms with van der Waals surface area (Å²) < 4.78 is 1.60. The van der Waals surface area contributed by atoms with E-state index in [0.29, 0.717) is 17.9 Å². The molecule has 1 atom stereocenters. The van der Waals surface area contributed by atoms with E-state index in [0.717, 1.165) is 18.5 Å². The Morgan fingerprint density at radius 3 is 2.75 bits per heavy atom. The van der Waals surface area contributed by atoms with E-state index in [1.807, 2.05) is 19.1 Å². The molecule has 1 aliphatic rings. The van der Waals surface area contributed by atoms with Crippen LogP contribution >= 0.6 is 0 Å². The highest BCUT2D eigenvalue weighted by molar-refractivity contribution is 5.91. The van der Waals surface area contributed by atoms with E-state index < -0.39 is 4.92 Å². The van der Waals surface area contributed by atoms with E-state index in [4.69, 9.17) is 0 Å². The van der Waals surface area contributed by atoms with Gasteiger partial charge in [0.15, 0.2) is 0 Å². The third-order valence-electron chi connectivity index (χ3n) is 5.09. The number of nitro benzene ring substituents is 1. The Kier molecular flexibility index (Phi) is 4.65. The number of amides is 1. The van der Waals surface area contributed by atoms with Crippen LogP contribution in [0.4, 0.5) is 11.5 Å². The lowest BCUT2D eigenvalue weighted by atomic mass is 9.97. The SMILES string of the molecule is Cc1cc(NC(=O)CC2CCc3ccccc32)n(-c2ccc([N+](=O)[O-])cc2)n1. The van der Waals surface area contributed by atoms with Crippen molar-refractivity contribution in [3.05, 3.63) is 81.5 Å². The molecule has 7 heteroatoms. The van der Waals surface area contributed by atoms with Crippen molar-refractivity contribution in [2.24, 2.45) is 0 Å². The average Bonchev–Trinajstić information content (AvgIpc) is 3.25. The number of carbonyl (C=O) groups is 1. The van der Waals surface area contributed by atoms with Crippen molar-refractivity contribution in [1.29, 1.82) is 0 Å². The number of fused-ring (bicyclic) bond motifs is 1. The van der Waals surface area contributed by atoms with E-state index in [2.05, 4.69) is 22.5 Å². The first-order chi connectivity index (χ1) is 13.5. The first kappa shape index (κ1) is 17.9. The minimum atomic E-state index is -0.444. The number of benzene rings is 2. The Morgan fingerprint density at radius 1 is 1.25 bits per heavy atom. The van der Waals surface area contributed by atoms with Crippen LogP contribution in [0.15, 0.2) is 54.6 Å². The Morgan fingerprint density at radius 2 is 2.00 bits per heavy atom.